The molecule has 0 bridgehead atoms. The van der Waals surface area contributed by atoms with E-state index in [9.17, 15) is 4.39 Å². The molecular weight excluding hydrogens is 362 g/mol. The molecule has 0 unspecified atom stereocenters. The number of guanidine groups is 1. The summed E-state index contributed by atoms with van der Waals surface area (Å²) >= 11 is 12.4. The second-order valence-corrected chi connectivity index (χ2v) is 6.09. The molecule has 25 heavy (non-hydrogen) atoms. The van der Waals surface area contributed by atoms with Gasteiger partial charge in [0.1, 0.15) is 5.82 Å². The van der Waals surface area contributed by atoms with Gasteiger partial charge in [0, 0.05) is 21.9 Å². The fourth-order valence-corrected chi connectivity index (χ4v) is 2.90. The number of halogens is 3. The maximum absolute atomic E-state index is 14.2. The fourth-order valence-electron chi connectivity index (χ4n) is 2.51. The second kappa shape index (κ2) is 6.70. The molecule has 3 rings (SSSR count). The predicted molar refractivity (Wildman–Crippen MR) is 102 cm³/mol. The molecule has 0 radical (unpaired) electrons. The van der Waals surface area contributed by atoms with E-state index in [1.807, 2.05) is 0 Å². The summed E-state index contributed by atoms with van der Waals surface area (Å²) in [7, 11) is 0. The molecule has 0 fully saturated rings. The van der Waals surface area contributed by atoms with E-state index in [2.05, 4.69) is 16.6 Å². The quantitative estimate of drug-likeness (QED) is 0.519. The minimum atomic E-state index is -0.448. The third kappa shape index (κ3) is 3.29. The van der Waals surface area contributed by atoms with Crippen molar-refractivity contribution in [2.45, 2.75) is 0 Å². The van der Waals surface area contributed by atoms with Crippen LogP contribution in [-0.2, 0) is 0 Å². The summed E-state index contributed by atoms with van der Waals surface area (Å²) in [5, 5.41) is 1.67. The number of hydrogen-bond acceptors (Lipinski definition) is 2. The summed E-state index contributed by atoms with van der Waals surface area (Å²) in [4.78, 5) is 8.13. The zero-order chi connectivity index (χ0) is 18.1. The first-order valence-electron chi connectivity index (χ1n) is 7.20. The summed E-state index contributed by atoms with van der Waals surface area (Å²) in [6.45, 7) is 3.82. The lowest BCUT2D eigenvalue weighted by atomic mass is 10.0. The number of fused-ring (bicyclic) bond motifs is 1. The van der Waals surface area contributed by atoms with E-state index >= 15 is 0 Å². The number of hydrogen-bond donors (Lipinski definition) is 2. The Kier molecular flexibility index (Phi) is 4.61. The highest BCUT2D eigenvalue weighted by Gasteiger charge is 2.15. The van der Waals surface area contributed by atoms with Crippen LogP contribution >= 0.6 is 23.2 Å². The van der Waals surface area contributed by atoms with Gasteiger partial charge >= 0.3 is 0 Å². The third-order valence-electron chi connectivity index (χ3n) is 3.64. The van der Waals surface area contributed by atoms with Crippen LogP contribution in [0.1, 0.15) is 5.56 Å². The minimum Gasteiger partial charge on any atom is -0.370 e. The van der Waals surface area contributed by atoms with E-state index < -0.39 is 5.82 Å². The number of benzene rings is 2. The lowest BCUT2D eigenvalue weighted by Crippen LogP contribution is -2.22. The highest BCUT2D eigenvalue weighted by molar-refractivity contribution is 6.43. The van der Waals surface area contributed by atoms with Crippen molar-refractivity contribution in [3.63, 3.8) is 0 Å². The maximum Gasteiger partial charge on any atom is 0.191 e. The van der Waals surface area contributed by atoms with Crippen molar-refractivity contribution in [1.29, 1.82) is 0 Å². The van der Waals surface area contributed by atoms with Crippen LogP contribution in [0.5, 0.6) is 0 Å². The largest absolute Gasteiger partial charge is 0.370 e. The van der Waals surface area contributed by atoms with Crippen molar-refractivity contribution >= 4 is 45.6 Å². The molecule has 0 saturated heterocycles. The average Bonchev–Trinajstić information content (AvgIpc) is 2.57. The molecule has 0 spiro atoms. The van der Waals surface area contributed by atoms with Crippen LogP contribution in [0.4, 0.5) is 4.39 Å². The van der Waals surface area contributed by atoms with Gasteiger partial charge in [-0.05, 0) is 12.1 Å². The van der Waals surface area contributed by atoms with Crippen LogP contribution in [-0.4, -0.2) is 10.9 Å². The first kappa shape index (κ1) is 17.2. The van der Waals surface area contributed by atoms with Gasteiger partial charge in [0.2, 0.25) is 0 Å². The summed E-state index contributed by atoms with van der Waals surface area (Å²) in [6, 6.07) is 10.2. The van der Waals surface area contributed by atoms with Gasteiger partial charge in [0.15, 0.2) is 5.96 Å². The van der Waals surface area contributed by atoms with Crippen LogP contribution < -0.4 is 11.5 Å². The van der Waals surface area contributed by atoms with E-state index in [1.165, 1.54) is 0 Å². The molecule has 0 atom stereocenters. The zero-order valence-corrected chi connectivity index (χ0v) is 14.4. The topological polar surface area (TPSA) is 77.3 Å². The summed E-state index contributed by atoms with van der Waals surface area (Å²) in [6.07, 6.45) is 1.15. The molecule has 4 nitrogen and oxygen atoms in total. The molecule has 2 aromatic carbocycles. The predicted octanol–water partition coefficient (Wildman–Crippen LogP) is 4.59. The monoisotopic (exact) mass is 374 g/mol. The Hall–Kier alpha value is -2.63. The van der Waals surface area contributed by atoms with Crippen molar-refractivity contribution in [1.82, 2.24) is 4.98 Å². The maximum atomic E-state index is 14.2. The van der Waals surface area contributed by atoms with Gasteiger partial charge in [0.25, 0.3) is 0 Å². The van der Waals surface area contributed by atoms with E-state index in [0.29, 0.717) is 43.3 Å². The van der Waals surface area contributed by atoms with Gasteiger partial charge in [-0.1, -0.05) is 54.0 Å². The number of aliphatic imine (C=N–C) groups is 1. The Balaban J connectivity index is 2.29. The van der Waals surface area contributed by atoms with Crippen LogP contribution in [0.2, 0.25) is 10.0 Å². The van der Waals surface area contributed by atoms with Gasteiger partial charge in [-0.3, -0.25) is 4.98 Å². The van der Waals surface area contributed by atoms with E-state index in [1.54, 1.807) is 36.4 Å². The van der Waals surface area contributed by atoms with E-state index in [0.717, 1.165) is 6.20 Å². The number of nitrogens with two attached hydrogens (primary N) is 2. The van der Waals surface area contributed by atoms with Gasteiger partial charge in [0.05, 0.1) is 27.6 Å². The van der Waals surface area contributed by atoms with Crippen LogP contribution in [0.25, 0.3) is 27.7 Å². The molecule has 126 valence electrons. The highest BCUT2D eigenvalue weighted by atomic mass is 35.5. The Labute approximate surface area is 153 Å². The SMILES string of the molecule is C=C(N=C(N)N)c1ccc2c(F)cnc(-c3cccc(Cl)c3Cl)c2c1. The molecule has 0 aliphatic heterocycles. The average molecular weight is 375 g/mol. The lowest BCUT2D eigenvalue weighted by molar-refractivity contribution is 0.634. The van der Waals surface area contributed by atoms with Crippen molar-refractivity contribution in [3.8, 4) is 11.3 Å². The van der Waals surface area contributed by atoms with Crippen LogP contribution in [0.15, 0.2) is 54.2 Å². The van der Waals surface area contributed by atoms with Gasteiger partial charge in [-0.25, -0.2) is 9.38 Å². The Morgan fingerprint density at radius 1 is 1.12 bits per heavy atom. The molecule has 7 heteroatoms. The van der Waals surface area contributed by atoms with E-state index in [4.69, 9.17) is 34.7 Å². The summed E-state index contributed by atoms with van der Waals surface area (Å²) in [5.41, 5.74) is 12.9. The van der Waals surface area contributed by atoms with Crippen molar-refractivity contribution in [2.24, 2.45) is 16.5 Å². The third-order valence-corrected chi connectivity index (χ3v) is 4.46. The second-order valence-electron chi connectivity index (χ2n) is 5.30. The molecule has 0 saturated carbocycles. The molecule has 0 amide bonds. The van der Waals surface area contributed by atoms with Crippen molar-refractivity contribution in [2.75, 3.05) is 0 Å². The van der Waals surface area contributed by atoms with Gasteiger partial charge in [-0.15, -0.1) is 0 Å². The normalized spacial score (nSPS) is 10.7. The van der Waals surface area contributed by atoms with Crippen LogP contribution in [0, 0.1) is 5.82 Å². The molecular formula is C18H13Cl2FN4. The standard InChI is InChI=1S/C18H13Cl2FN4/c1-9(25-18(22)23)10-5-6-11-13(7-10)17(24-8-15(11)21)12-3-2-4-14(19)16(12)20/h2-8H,1H2,(H4,22,23,25). The summed E-state index contributed by atoms with van der Waals surface area (Å²) in [5.74, 6) is -0.559. The number of aromatic nitrogens is 1. The molecule has 4 N–H and O–H groups in total. The Morgan fingerprint density at radius 3 is 2.60 bits per heavy atom. The molecule has 3 aromatic rings. The van der Waals surface area contributed by atoms with Gasteiger partial charge < -0.3 is 11.5 Å². The van der Waals surface area contributed by atoms with Crippen molar-refractivity contribution in [3.05, 3.63) is 70.6 Å². The smallest absolute Gasteiger partial charge is 0.191 e. The highest BCUT2D eigenvalue weighted by Crippen LogP contribution is 2.37. The van der Waals surface area contributed by atoms with Gasteiger partial charge in [-0.2, -0.15) is 0 Å². The number of pyridine rings is 1. The fraction of sp³-hybridized carbons (Fsp3) is 0. The lowest BCUT2D eigenvalue weighted by Gasteiger charge is -2.11. The van der Waals surface area contributed by atoms with E-state index in [-0.39, 0.29) is 5.96 Å². The molecule has 0 aliphatic rings. The first-order valence-corrected chi connectivity index (χ1v) is 7.95. The Bertz CT molecular complexity index is 1030. The number of rotatable bonds is 3. The molecule has 1 heterocycles. The van der Waals surface area contributed by atoms with Crippen LogP contribution in [0.3, 0.4) is 0 Å². The minimum absolute atomic E-state index is 0.111. The molecule has 1 aromatic heterocycles. The number of nitrogens with zero attached hydrogens (tertiary/aromatic N) is 2. The summed E-state index contributed by atoms with van der Waals surface area (Å²) < 4.78 is 14.2. The Morgan fingerprint density at radius 2 is 1.88 bits per heavy atom. The zero-order valence-electron chi connectivity index (χ0n) is 12.9. The first-order chi connectivity index (χ1) is 11.9. The van der Waals surface area contributed by atoms with Crippen molar-refractivity contribution < 1.29 is 4.39 Å². The molecule has 0 aliphatic carbocycles.